The summed E-state index contributed by atoms with van der Waals surface area (Å²) in [6.45, 7) is 4.31. The lowest BCUT2D eigenvalue weighted by Crippen LogP contribution is -2.33. The summed E-state index contributed by atoms with van der Waals surface area (Å²) in [4.78, 5) is 12.4. The number of hydrogen-bond donors (Lipinski definition) is 3. The smallest absolute Gasteiger partial charge is 0.276 e. The molecule has 0 aliphatic heterocycles. The molecule has 1 aliphatic rings. The van der Waals surface area contributed by atoms with Gasteiger partial charge >= 0.3 is 0 Å². The monoisotopic (exact) mass is 341 g/mol. The van der Waals surface area contributed by atoms with Crippen LogP contribution in [0.2, 0.25) is 0 Å². The van der Waals surface area contributed by atoms with E-state index in [0.29, 0.717) is 12.3 Å². The first kappa shape index (κ1) is 17.2. The van der Waals surface area contributed by atoms with Crippen molar-refractivity contribution in [2.24, 2.45) is 5.92 Å². The summed E-state index contributed by atoms with van der Waals surface area (Å²) >= 11 is 0. The Balaban J connectivity index is 1.73. The van der Waals surface area contributed by atoms with Gasteiger partial charge in [-0.25, -0.2) is 4.68 Å². The van der Waals surface area contributed by atoms with E-state index in [-0.39, 0.29) is 30.0 Å². The Kier molecular flexibility index (Phi) is 4.90. The first-order valence-electron chi connectivity index (χ1n) is 8.47. The van der Waals surface area contributed by atoms with Crippen LogP contribution in [-0.4, -0.2) is 38.5 Å². The number of carbonyl (C=O) groups is 1. The minimum Gasteiger partial charge on any atom is -0.504 e. The molecule has 6 nitrogen and oxygen atoms in total. The van der Waals surface area contributed by atoms with Crippen LogP contribution in [0, 0.1) is 5.92 Å². The maximum absolute atomic E-state index is 12.4. The number of nitrogens with zero attached hydrogens (tertiary/aromatic N) is 2. The highest BCUT2D eigenvalue weighted by Crippen LogP contribution is 2.22. The van der Waals surface area contributed by atoms with E-state index >= 15 is 0 Å². The van der Waals surface area contributed by atoms with Crippen molar-refractivity contribution in [1.82, 2.24) is 15.1 Å². The zero-order valence-corrected chi connectivity index (χ0v) is 14.4. The summed E-state index contributed by atoms with van der Waals surface area (Å²) in [5.41, 5.74) is 1.98. The second kappa shape index (κ2) is 7.11. The zero-order valence-electron chi connectivity index (χ0n) is 14.4. The minimum atomic E-state index is -0.428. The molecule has 0 radical (unpaired) electrons. The predicted molar refractivity (Wildman–Crippen MR) is 94.9 cm³/mol. The van der Waals surface area contributed by atoms with Crippen molar-refractivity contribution in [2.75, 3.05) is 6.61 Å². The fourth-order valence-electron chi connectivity index (χ4n) is 2.92. The molecule has 0 bridgehead atoms. The van der Waals surface area contributed by atoms with Crippen LogP contribution in [0.4, 0.5) is 0 Å². The molecule has 0 unspecified atom stereocenters. The molecule has 1 aromatic carbocycles. The van der Waals surface area contributed by atoms with Gasteiger partial charge < -0.3 is 15.5 Å². The predicted octanol–water partition coefficient (Wildman–Crippen LogP) is 2.37. The van der Waals surface area contributed by atoms with Gasteiger partial charge in [-0.2, -0.15) is 5.10 Å². The Hall–Kier alpha value is -2.60. The van der Waals surface area contributed by atoms with Gasteiger partial charge in [-0.3, -0.25) is 4.79 Å². The van der Waals surface area contributed by atoms with E-state index < -0.39 is 5.91 Å². The zero-order chi connectivity index (χ0) is 18.0. The molecule has 6 heteroatoms. The number of benzene rings is 1. The maximum atomic E-state index is 12.4. The van der Waals surface area contributed by atoms with Crippen molar-refractivity contribution in [3.05, 3.63) is 53.9 Å². The summed E-state index contributed by atoms with van der Waals surface area (Å²) in [6.07, 6.45) is 5.83. The molecule has 0 saturated carbocycles. The number of amides is 1. The van der Waals surface area contributed by atoms with Crippen LogP contribution in [-0.2, 0) is 0 Å². The quantitative estimate of drug-likeness (QED) is 0.729. The minimum absolute atomic E-state index is 0.00576. The van der Waals surface area contributed by atoms with E-state index in [1.54, 1.807) is 0 Å². The van der Waals surface area contributed by atoms with Crippen LogP contribution in [0.5, 0.6) is 5.75 Å². The average Bonchev–Trinajstić information content (AvgIpc) is 3.21. The molecule has 2 aromatic rings. The molecule has 0 fully saturated rings. The van der Waals surface area contributed by atoms with E-state index in [1.165, 1.54) is 16.4 Å². The lowest BCUT2D eigenvalue weighted by molar-refractivity contribution is 0.0933. The Bertz CT molecular complexity index is 778. The normalized spacial score (nSPS) is 19.5. The molecule has 0 saturated heterocycles. The van der Waals surface area contributed by atoms with Crippen LogP contribution < -0.4 is 5.32 Å². The summed E-state index contributed by atoms with van der Waals surface area (Å²) in [5, 5.41) is 26.3. The van der Waals surface area contributed by atoms with Crippen molar-refractivity contribution in [2.45, 2.75) is 32.2 Å². The molecule has 1 aromatic heterocycles. The van der Waals surface area contributed by atoms with Crippen molar-refractivity contribution in [1.29, 1.82) is 0 Å². The number of rotatable bonds is 5. The third kappa shape index (κ3) is 3.74. The molecule has 2 atom stereocenters. The van der Waals surface area contributed by atoms with Gasteiger partial charge in [0.05, 0.1) is 11.9 Å². The molecule has 1 amide bonds. The molecule has 0 spiro atoms. The first-order chi connectivity index (χ1) is 12.0. The maximum Gasteiger partial charge on any atom is 0.276 e. The van der Waals surface area contributed by atoms with Gasteiger partial charge in [-0.1, -0.05) is 38.1 Å². The highest BCUT2D eigenvalue weighted by atomic mass is 16.3. The van der Waals surface area contributed by atoms with Crippen LogP contribution in [0.3, 0.4) is 0 Å². The topological polar surface area (TPSA) is 87.4 Å². The number of hydrogen-bond acceptors (Lipinski definition) is 4. The van der Waals surface area contributed by atoms with Crippen molar-refractivity contribution < 1.29 is 15.0 Å². The Morgan fingerprint density at radius 1 is 1.32 bits per heavy atom. The number of aliphatic hydroxyl groups is 1. The highest BCUT2D eigenvalue weighted by molar-refractivity contribution is 5.95. The second-order valence-electron chi connectivity index (χ2n) is 6.70. The van der Waals surface area contributed by atoms with E-state index in [1.807, 2.05) is 36.4 Å². The Morgan fingerprint density at radius 3 is 2.64 bits per heavy atom. The van der Waals surface area contributed by atoms with Crippen LogP contribution in [0.1, 0.15) is 42.2 Å². The van der Waals surface area contributed by atoms with E-state index in [2.05, 4.69) is 24.3 Å². The molecule has 132 valence electrons. The van der Waals surface area contributed by atoms with Gasteiger partial charge in [0.15, 0.2) is 11.4 Å². The lowest BCUT2D eigenvalue weighted by Gasteiger charge is -2.11. The van der Waals surface area contributed by atoms with Gasteiger partial charge in [-0.15, -0.1) is 0 Å². The number of carbonyl (C=O) groups excluding carboxylic acids is 1. The van der Waals surface area contributed by atoms with Gasteiger partial charge in [0.2, 0.25) is 0 Å². The summed E-state index contributed by atoms with van der Waals surface area (Å²) in [6, 6.07) is 7.69. The fraction of sp³-hybridized carbons (Fsp3) is 0.368. The number of nitrogens with one attached hydrogen (secondary N) is 1. The molecule has 1 heterocycles. The summed E-state index contributed by atoms with van der Waals surface area (Å²) < 4.78 is 1.50. The van der Waals surface area contributed by atoms with Gasteiger partial charge in [0.25, 0.3) is 5.91 Å². The largest absolute Gasteiger partial charge is 0.504 e. The molecular weight excluding hydrogens is 318 g/mol. The Morgan fingerprint density at radius 2 is 2.04 bits per heavy atom. The van der Waals surface area contributed by atoms with Gasteiger partial charge in [-0.05, 0) is 30.0 Å². The molecule has 3 rings (SSSR count). The van der Waals surface area contributed by atoms with Gasteiger partial charge in [0, 0.05) is 18.6 Å². The van der Waals surface area contributed by atoms with Crippen LogP contribution in [0.25, 0.3) is 5.69 Å². The number of aliphatic hydroxyl groups excluding tert-OH is 1. The van der Waals surface area contributed by atoms with Crippen LogP contribution in [0.15, 0.2) is 42.6 Å². The average molecular weight is 341 g/mol. The molecule has 3 N–H and O–H groups in total. The molecule has 25 heavy (non-hydrogen) atoms. The van der Waals surface area contributed by atoms with Crippen molar-refractivity contribution in [3.8, 4) is 11.4 Å². The standard InChI is InChI=1S/C19H23N3O3/c1-12(2)14-4-7-16(8-5-14)22-10-17(24)18(21-22)19(25)20-15-6-3-13(9-15)11-23/h3-8,10,12-13,15,23-24H,9,11H2,1-2H3,(H,20,25)/t13-,15+/m0/s1. The third-order valence-electron chi connectivity index (χ3n) is 4.46. The van der Waals surface area contributed by atoms with Crippen LogP contribution >= 0.6 is 0 Å². The van der Waals surface area contributed by atoms with E-state index in [9.17, 15) is 9.90 Å². The first-order valence-corrected chi connectivity index (χ1v) is 8.47. The second-order valence-corrected chi connectivity index (χ2v) is 6.70. The van der Waals surface area contributed by atoms with Gasteiger partial charge in [0.1, 0.15) is 0 Å². The third-order valence-corrected chi connectivity index (χ3v) is 4.46. The molecule has 1 aliphatic carbocycles. The van der Waals surface area contributed by atoms with E-state index in [4.69, 9.17) is 5.11 Å². The SMILES string of the molecule is CC(C)c1ccc(-n2cc(O)c(C(=O)N[C@@H]3C=C[C@H](CO)C3)n2)cc1. The highest BCUT2D eigenvalue weighted by Gasteiger charge is 2.23. The van der Waals surface area contributed by atoms with E-state index in [0.717, 1.165) is 5.69 Å². The number of aromatic nitrogens is 2. The van der Waals surface area contributed by atoms with Crippen molar-refractivity contribution in [3.63, 3.8) is 0 Å². The fourth-order valence-corrected chi connectivity index (χ4v) is 2.92. The Labute approximate surface area is 146 Å². The van der Waals surface area contributed by atoms with Crippen molar-refractivity contribution >= 4 is 5.91 Å². The lowest BCUT2D eigenvalue weighted by atomic mass is 10.0. The summed E-state index contributed by atoms with van der Waals surface area (Å²) in [5.74, 6) is -0.0889. The molecular formula is C19H23N3O3. The summed E-state index contributed by atoms with van der Waals surface area (Å²) in [7, 11) is 0. The number of aromatic hydroxyl groups is 1.